The second kappa shape index (κ2) is 7.14. The predicted octanol–water partition coefficient (Wildman–Crippen LogP) is 1.91. The quantitative estimate of drug-likeness (QED) is 0.815. The van der Waals surface area contributed by atoms with Crippen molar-refractivity contribution in [3.05, 3.63) is 28.8 Å². The number of nitrogens with zero attached hydrogens (tertiary/aromatic N) is 1. The SMILES string of the molecule is CCN(CC(=O)NC(C)C)C(=O)c1ccc(Cl)c(N)c1. The summed E-state index contributed by atoms with van der Waals surface area (Å²) in [6, 6.07) is 4.74. The highest BCUT2D eigenvalue weighted by Crippen LogP contribution is 2.20. The van der Waals surface area contributed by atoms with Crippen LogP contribution in [0.25, 0.3) is 0 Å². The molecule has 0 saturated carbocycles. The molecule has 110 valence electrons. The molecule has 0 aliphatic rings. The highest BCUT2D eigenvalue weighted by atomic mass is 35.5. The molecule has 6 heteroatoms. The lowest BCUT2D eigenvalue weighted by Gasteiger charge is -2.21. The zero-order valence-electron chi connectivity index (χ0n) is 11.9. The largest absolute Gasteiger partial charge is 0.398 e. The Kier molecular flexibility index (Phi) is 5.82. The average Bonchev–Trinajstić information content (AvgIpc) is 2.37. The Morgan fingerprint density at radius 1 is 1.40 bits per heavy atom. The van der Waals surface area contributed by atoms with Gasteiger partial charge in [0.1, 0.15) is 0 Å². The molecule has 3 N–H and O–H groups in total. The van der Waals surface area contributed by atoms with E-state index in [4.69, 9.17) is 17.3 Å². The van der Waals surface area contributed by atoms with Gasteiger partial charge in [-0.1, -0.05) is 11.6 Å². The molecule has 0 fully saturated rings. The lowest BCUT2D eigenvalue weighted by molar-refractivity contribution is -0.122. The van der Waals surface area contributed by atoms with Gasteiger partial charge in [0.05, 0.1) is 17.3 Å². The molecule has 1 aromatic carbocycles. The maximum Gasteiger partial charge on any atom is 0.254 e. The number of hydrogen-bond acceptors (Lipinski definition) is 3. The standard InChI is InChI=1S/C14H20ClN3O2/c1-4-18(8-13(19)17-9(2)3)14(20)10-5-6-11(15)12(16)7-10/h5-7,9H,4,8,16H2,1-3H3,(H,17,19). The van der Waals surface area contributed by atoms with E-state index < -0.39 is 0 Å². The van der Waals surface area contributed by atoms with Gasteiger partial charge in [0.25, 0.3) is 5.91 Å². The third kappa shape index (κ3) is 4.42. The van der Waals surface area contributed by atoms with Crippen molar-refractivity contribution in [3.63, 3.8) is 0 Å². The van der Waals surface area contributed by atoms with Crippen LogP contribution in [0.5, 0.6) is 0 Å². The van der Waals surface area contributed by atoms with Crippen molar-refractivity contribution in [1.29, 1.82) is 0 Å². The first-order valence-electron chi connectivity index (χ1n) is 6.48. The van der Waals surface area contributed by atoms with Crippen molar-refractivity contribution in [2.45, 2.75) is 26.8 Å². The van der Waals surface area contributed by atoms with Crippen LogP contribution in [0.3, 0.4) is 0 Å². The number of likely N-dealkylation sites (N-methyl/N-ethyl adjacent to an activating group) is 1. The summed E-state index contributed by atoms with van der Waals surface area (Å²) in [6.45, 7) is 6.02. The molecular weight excluding hydrogens is 278 g/mol. The number of anilines is 1. The van der Waals surface area contributed by atoms with Crippen molar-refractivity contribution in [2.24, 2.45) is 0 Å². The topological polar surface area (TPSA) is 75.4 Å². The Morgan fingerprint density at radius 3 is 2.55 bits per heavy atom. The fraction of sp³-hybridized carbons (Fsp3) is 0.429. The molecule has 0 aliphatic heterocycles. The summed E-state index contributed by atoms with van der Waals surface area (Å²) in [4.78, 5) is 25.5. The maximum atomic E-state index is 12.3. The smallest absolute Gasteiger partial charge is 0.254 e. The van der Waals surface area contributed by atoms with Gasteiger partial charge in [0.2, 0.25) is 5.91 Å². The zero-order valence-corrected chi connectivity index (χ0v) is 12.7. The average molecular weight is 298 g/mol. The van der Waals surface area contributed by atoms with E-state index in [0.717, 1.165) is 0 Å². The number of amides is 2. The first kappa shape index (κ1) is 16.3. The first-order chi connectivity index (χ1) is 9.35. The van der Waals surface area contributed by atoms with Crippen LogP contribution in [0.4, 0.5) is 5.69 Å². The molecule has 0 aromatic heterocycles. The molecule has 0 heterocycles. The minimum Gasteiger partial charge on any atom is -0.398 e. The number of benzene rings is 1. The van der Waals surface area contributed by atoms with Gasteiger partial charge in [-0.25, -0.2) is 0 Å². The number of nitrogens with two attached hydrogens (primary N) is 1. The molecular formula is C14H20ClN3O2. The van der Waals surface area contributed by atoms with Crippen molar-refractivity contribution in [1.82, 2.24) is 10.2 Å². The van der Waals surface area contributed by atoms with E-state index in [1.54, 1.807) is 12.1 Å². The number of halogens is 1. The summed E-state index contributed by atoms with van der Waals surface area (Å²) < 4.78 is 0. The van der Waals surface area contributed by atoms with E-state index in [2.05, 4.69) is 5.32 Å². The summed E-state index contributed by atoms with van der Waals surface area (Å²) in [7, 11) is 0. The second-order valence-corrected chi connectivity index (χ2v) is 5.19. The Labute approximate surface area is 124 Å². The minimum absolute atomic E-state index is 0.0239. The molecule has 0 atom stereocenters. The van der Waals surface area contributed by atoms with Crippen molar-refractivity contribution in [3.8, 4) is 0 Å². The van der Waals surface area contributed by atoms with Crippen molar-refractivity contribution < 1.29 is 9.59 Å². The van der Waals surface area contributed by atoms with Gasteiger partial charge < -0.3 is 16.0 Å². The highest BCUT2D eigenvalue weighted by Gasteiger charge is 2.18. The number of carbonyl (C=O) groups excluding carboxylic acids is 2. The van der Waals surface area contributed by atoms with Crippen LogP contribution in [-0.2, 0) is 4.79 Å². The molecule has 1 rings (SSSR count). The van der Waals surface area contributed by atoms with E-state index in [0.29, 0.717) is 22.8 Å². The molecule has 20 heavy (non-hydrogen) atoms. The van der Waals surface area contributed by atoms with E-state index in [1.807, 2.05) is 20.8 Å². The molecule has 0 bridgehead atoms. The fourth-order valence-electron chi connectivity index (χ4n) is 1.73. The summed E-state index contributed by atoms with van der Waals surface area (Å²) >= 11 is 5.83. The number of nitrogens with one attached hydrogen (secondary N) is 1. The van der Waals surface area contributed by atoms with Crippen molar-refractivity contribution >= 4 is 29.1 Å². The van der Waals surface area contributed by atoms with Crippen LogP contribution in [0.2, 0.25) is 5.02 Å². The van der Waals surface area contributed by atoms with Gasteiger partial charge in [0.15, 0.2) is 0 Å². The Bertz CT molecular complexity index is 503. The Hall–Kier alpha value is -1.75. The van der Waals surface area contributed by atoms with Gasteiger partial charge in [0, 0.05) is 18.2 Å². The summed E-state index contributed by atoms with van der Waals surface area (Å²) in [5.74, 6) is -0.424. The number of rotatable bonds is 5. The molecule has 5 nitrogen and oxygen atoms in total. The van der Waals surface area contributed by atoms with Crippen LogP contribution in [0.1, 0.15) is 31.1 Å². The third-order valence-electron chi connectivity index (χ3n) is 2.70. The summed E-state index contributed by atoms with van der Waals surface area (Å²) in [5, 5.41) is 3.16. The lowest BCUT2D eigenvalue weighted by atomic mass is 10.1. The third-order valence-corrected chi connectivity index (χ3v) is 3.04. The predicted molar refractivity (Wildman–Crippen MR) is 80.7 cm³/mol. The molecule has 2 amide bonds. The van der Waals surface area contributed by atoms with Gasteiger partial charge in [-0.15, -0.1) is 0 Å². The normalized spacial score (nSPS) is 10.4. The van der Waals surface area contributed by atoms with Crippen LogP contribution in [0.15, 0.2) is 18.2 Å². The van der Waals surface area contributed by atoms with Gasteiger partial charge in [-0.05, 0) is 39.0 Å². The molecule has 0 spiro atoms. The van der Waals surface area contributed by atoms with Gasteiger partial charge >= 0.3 is 0 Å². The van der Waals surface area contributed by atoms with Crippen molar-refractivity contribution in [2.75, 3.05) is 18.8 Å². The van der Waals surface area contributed by atoms with E-state index in [1.165, 1.54) is 11.0 Å². The number of hydrogen-bond donors (Lipinski definition) is 2. The molecule has 0 aliphatic carbocycles. The zero-order chi connectivity index (χ0) is 15.3. The summed E-state index contributed by atoms with van der Waals surface area (Å²) in [5.41, 5.74) is 6.45. The van der Waals surface area contributed by atoms with E-state index in [-0.39, 0.29) is 24.4 Å². The molecule has 1 aromatic rings. The highest BCUT2D eigenvalue weighted by molar-refractivity contribution is 6.33. The van der Waals surface area contributed by atoms with E-state index in [9.17, 15) is 9.59 Å². The molecule has 0 saturated heterocycles. The van der Waals surface area contributed by atoms with E-state index >= 15 is 0 Å². The fourth-order valence-corrected chi connectivity index (χ4v) is 1.85. The first-order valence-corrected chi connectivity index (χ1v) is 6.86. The monoisotopic (exact) mass is 297 g/mol. The Morgan fingerprint density at radius 2 is 2.05 bits per heavy atom. The second-order valence-electron chi connectivity index (χ2n) is 4.78. The minimum atomic E-state index is -0.241. The lowest BCUT2D eigenvalue weighted by Crippen LogP contribution is -2.42. The number of nitrogen functional groups attached to an aromatic ring is 1. The molecule has 0 unspecified atom stereocenters. The maximum absolute atomic E-state index is 12.3. The van der Waals surface area contributed by atoms with Gasteiger partial charge in [-0.3, -0.25) is 9.59 Å². The molecule has 0 radical (unpaired) electrons. The number of carbonyl (C=O) groups is 2. The van der Waals surface area contributed by atoms with Crippen LogP contribution in [0, 0.1) is 0 Å². The van der Waals surface area contributed by atoms with Gasteiger partial charge in [-0.2, -0.15) is 0 Å². The summed E-state index contributed by atoms with van der Waals surface area (Å²) in [6.07, 6.45) is 0. The van der Waals surface area contributed by atoms with Crippen LogP contribution in [-0.4, -0.2) is 35.8 Å². The Balaban J connectivity index is 2.81. The van der Waals surface area contributed by atoms with Crippen LogP contribution >= 0.6 is 11.6 Å². The van der Waals surface area contributed by atoms with Crippen LogP contribution < -0.4 is 11.1 Å².